The van der Waals surface area contributed by atoms with Crippen LogP contribution in [0.3, 0.4) is 0 Å². The average Bonchev–Trinajstić information content (AvgIpc) is 2.51. The fourth-order valence-corrected chi connectivity index (χ4v) is 3.68. The average molecular weight is 260 g/mol. The van der Waals surface area contributed by atoms with Gasteiger partial charge in [0, 0.05) is 11.8 Å². The zero-order chi connectivity index (χ0) is 11.9. The molecule has 2 aliphatic rings. The summed E-state index contributed by atoms with van der Waals surface area (Å²) in [5, 5.41) is 12.5. The predicted octanol–water partition coefficient (Wildman–Crippen LogP) is 4.27. The van der Waals surface area contributed by atoms with Crippen LogP contribution in [0.2, 0.25) is 0 Å². The SMILES string of the molecule is CC1C2=C(/C(=N/O)CCC2)C(C)C1=C(Cl)Cl. The van der Waals surface area contributed by atoms with E-state index in [0.717, 1.165) is 36.1 Å². The smallest absolute Gasteiger partial charge is 0.107 e. The normalized spacial score (nSPS) is 32.2. The first kappa shape index (κ1) is 12.0. The van der Waals surface area contributed by atoms with Crippen molar-refractivity contribution < 1.29 is 5.21 Å². The van der Waals surface area contributed by atoms with Crippen LogP contribution in [-0.2, 0) is 0 Å². The topological polar surface area (TPSA) is 32.6 Å². The Balaban J connectivity index is 2.51. The molecule has 0 aliphatic heterocycles. The van der Waals surface area contributed by atoms with Gasteiger partial charge in [0.25, 0.3) is 0 Å². The van der Waals surface area contributed by atoms with E-state index in [1.165, 1.54) is 5.57 Å². The lowest BCUT2D eigenvalue weighted by atomic mass is 9.87. The molecule has 0 bridgehead atoms. The zero-order valence-electron chi connectivity index (χ0n) is 9.43. The maximum Gasteiger partial charge on any atom is 0.107 e. The van der Waals surface area contributed by atoms with E-state index in [0.29, 0.717) is 4.49 Å². The Morgan fingerprint density at radius 1 is 1.25 bits per heavy atom. The summed E-state index contributed by atoms with van der Waals surface area (Å²) in [6, 6.07) is 0. The summed E-state index contributed by atoms with van der Waals surface area (Å²) in [7, 11) is 0. The third-order valence-corrected chi connectivity index (χ3v) is 4.18. The molecule has 4 heteroatoms. The van der Waals surface area contributed by atoms with Gasteiger partial charge < -0.3 is 5.21 Å². The second-order valence-corrected chi connectivity index (χ2v) is 5.45. The monoisotopic (exact) mass is 259 g/mol. The van der Waals surface area contributed by atoms with Crippen molar-refractivity contribution in [1.29, 1.82) is 0 Å². The second-order valence-electron chi connectivity index (χ2n) is 4.50. The summed E-state index contributed by atoms with van der Waals surface area (Å²) in [4.78, 5) is 0. The Morgan fingerprint density at radius 2 is 1.94 bits per heavy atom. The van der Waals surface area contributed by atoms with E-state index in [1.807, 2.05) is 0 Å². The molecule has 1 N–H and O–H groups in total. The molecule has 2 aliphatic carbocycles. The van der Waals surface area contributed by atoms with E-state index in [-0.39, 0.29) is 11.8 Å². The summed E-state index contributed by atoms with van der Waals surface area (Å²) < 4.78 is 0.367. The van der Waals surface area contributed by atoms with Gasteiger partial charge in [0.05, 0.1) is 5.71 Å². The number of hydrogen-bond acceptors (Lipinski definition) is 2. The molecule has 0 heterocycles. The van der Waals surface area contributed by atoms with Gasteiger partial charge in [-0.25, -0.2) is 0 Å². The minimum Gasteiger partial charge on any atom is -0.411 e. The number of rotatable bonds is 0. The van der Waals surface area contributed by atoms with Crippen LogP contribution in [0.5, 0.6) is 0 Å². The van der Waals surface area contributed by atoms with Crippen LogP contribution in [0.1, 0.15) is 33.1 Å². The van der Waals surface area contributed by atoms with Gasteiger partial charge in [-0.15, -0.1) is 0 Å². The molecule has 0 aromatic carbocycles. The van der Waals surface area contributed by atoms with Crippen molar-refractivity contribution in [2.24, 2.45) is 17.0 Å². The highest BCUT2D eigenvalue weighted by atomic mass is 35.5. The number of nitrogens with zero attached hydrogens (tertiary/aromatic N) is 1. The van der Waals surface area contributed by atoms with Crippen molar-refractivity contribution in [2.75, 3.05) is 0 Å². The lowest BCUT2D eigenvalue weighted by Crippen LogP contribution is -2.13. The van der Waals surface area contributed by atoms with E-state index >= 15 is 0 Å². The molecule has 0 aromatic heterocycles. The zero-order valence-corrected chi connectivity index (χ0v) is 10.9. The standard InChI is InChI=1S/C12H15Cl2NO/c1-6-8-4-3-5-9(15-16)11(8)7(2)10(6)12(13)14/h6-7,16H,3-5H2,1-2H3/b15-9+. The van der Waals surface area contributed by atoms with E-state index in [1.54, 1.807) is 0 Å². The molecule has 0 saturated carbocycles. The Hall–Kier alpha value is -0.470. The minimum absolute atomic E-state index is 0.182. The van der Waals surface area contributed by atoms with Gasteiger partial charge in [-0.05, 0) is 30.4 Å². The molecular weight excluding hydrogens is 245 g/mol. The minimum atomic E-state index is 0.182. The van der Waals surface area contributed by atoms with Gasteiger partial charge >= 0.3 is 0 Å². The van der Waals surface area contributed by atoms with Crippen LogP contribution in [0.4, 0.5) is 0 Å². The molecule has 0 amide bonds. The molecule has 0 radical (unpaired) electrons. The molecule has 0 spiro atoms. The van der Waals surface area contributed by atoms with E-state index in [4.69, 9.17) is 28.4 Å². The fraction of sp³-hybridized carbons (Fsp3) is 0.583. The molecule has 0 saturated heterocycles. The van der Waals surface area contributed by atoms with Gasteiger partial charge in [-0.3, -0.25) is 0 Å². The Morgan fingerprint density at radius 3 is 2.50 bits per heavy atom. The predicted molar refractivity (Wildman–Crippen MR) is 67.2 cm³/mol. The van der Waals surface area contributed by atoms with Gasteiger partial charge in [-0.2, -0.15) is 0 Å². The molecule has 2 unspecified atom stereocenters. The van der Waals surface area contributed by atoms with Crippen molar-refractivity contribution in [3.63, 3.8) is 0 Å². The quantitative estimate of drug-likeness (QED) is 0.512. The Labute approximate surface area is 106 Å². The second kappa shape index (κ2) is 4.42. The van der Waals surface area contributed by atoms with Crippen LogP contribution < -0.4 is 0 Å². The van der Waals surface area contributed by atoms with Crippen molar-refractivity contribution >= 4 is 28.9 Å². The first-order chi connectivity index (χ1) is 7.57. The van der Waals surface area contributed by atoms with Crippen LogP contribution >= 0.6 is 23.2 Å². The molecule has 16 heavy (non-hydrogen) atoms. The lowest BCUT2D eigenvalue weighted by molar-refractivity contribution is 0.317. The fourth-order valence-electron chi connectivity index (χ4n) is 3.03. The maximum atomic E-state index is 9.04. The summed E-state index contributed by atoms with van der Waals surface area (Å²) >= 11 is 11.9. The highest BCUT2D eigenvalue weighted by Gasteiger charge is 2.38. The number of oxime groups is 1. The van der Waals surface area contributed by atoms with Crippen molar-refractivity contribution in [3.05, 3.63) is 21.2 Å². The summed E-state index contributed by atoms with van der Waals surface area (Å²) in [5.41, 5.74) is 4.39. The molecule has 0 fully saturated rings. The largest absolute Gasteiger partial charge is 0.411 e. The first-order valence-electron chi connectivity index (χ1n) is 5.57. The van der Waals surface area contributed by atoms with E-state index in [2.05, 4.69) is 19.0 Å². The highest BCUT2D eigenvalue weighted by Crippen LogP contribution is 2.48. The Kier molecular flexibility index (Phi) is 3.32. The van der Waals surface area contributed by atoms with Gasteiger partial charge in [-0.1, -0.05) is 47.8 Å². The molecule has 88 valence electrons. The lowest BCUT2D eigenvalue weighted by Gasteiger charge is -2.18. The number of allylic oxidation sites excluding steroid dienone is 3. The number of halogens is 2. The molecular formula is C12H15Cl2NO. The van der Waals surface area contributed by atoms with Crippen molar-refractivity contribution in [1.82, 2.24) is 0 Å². The van der Waals surface area contributed by atoms with Gasteiger partial charge in [0.15, 0.2) is 0 Å². The third kappa shape index (κ3) is 1.68. The van der Waals surface area contributed by atoms with Crippen LogP contribution in [-0.4, -0.2) is 10.9 Å². The van der Waals surface area contributed by atoms with E-state index in [9.17, 15) is 0 Å². The van der Waals surface area contributed by atoms with E-state index < -0.39 is 0 Å². The summed E-state index contributed by atoms with van der Waals surface area (Å²) in [6.07, 6.45) is 2.95. The number of hydrogen-bond donors (Lipinski definition) is 1. The third-order valence-electron chi connectivity index (χ3n) is 3.74. The molecule has 2 rings (SSSR count). The van der Waals surface area contributed by atoms with Crippen LogP contribution in [0, 0.1) is 11.8 Å². The highest BCUT2D eigenvalue weighted by molar-refractivity contribution is 6.56. The van der Waals surface area contributed by atoms with Crippen molar-refractivity contribution in [2.45, 2.75) is 33.1 Å². The molecule has 0 aromatic rings. The molecule has 2 nitrogen and oxygen atoms in total. The maximum absolute atomic E-state index is 9.04. The summed E-state index contributed by atoms with van der Waals surface area (Å²) in [6.45, 7) is 4.20. The Bertz CT molecular complexity index is 405. The van der Waals surface area contributed by atoms with Crippen LogP contribution in [0.25, 0.3) is 0 Å². The van der Waals surface area contributed by atoms with Crippen molar-refractivity contribution in [3.8, 4) is 0 Å². The summed E-state index contributed by atoms with van der Waals surface area (Å²) in [5.74, 6) is 0.466. The van der Waals surface area contributed by atoms with Gasteiger partial charge in [0.1, 0.15) is 4.49 Å². The first-order valence-corrected chi connectivity index (χ1v) is 6.32. The molecule has 2 atom stereocenters. The van der Waals surface area contributed by atoms with Crippen LogP contribution in [0.15, 0.2) is 26.4 Å². The van der Waals surface area contributed by atoms with Gasteiger partial charge in [0.2, 0.25) is 0 Å².